The number of carbonyl (C=O) groups is 1. The first-order valence-corrected chi connectivity index (χ1v) is 6.00. The number of halogens is 1. The minimum absolute atomic E-state index is 0.00381. The summed E-state index contributed by atoms with van der Waals surface area (Å²) in [6, 6.07) is 14.7. The van der Waals surface area contributed by atoms with Gasteiger partial charge in [-0.05, 0) is 30.3 Å². The van der Waals surface area contributed by atoms with Crippen molar-refractivity contribution in [2.24, 2.45) is 0 Å². The smallest absolute Gasteiger partial charge is 0.195 e. The second-order valence-electron chi connectivity index (χ2n) is 4.08. The Morgan fingerprint density at radius 3 is 2.50 bits per heavy atom. The molecule has 0 atom stereocenters. The third kappa shape index (κ3) is 1.81. The van der Waals surface area contributed by atoms with Crippen LogP contribution >= 0.6 is 11.6 Å². The number of hydrogen-bond acceptors (Lipinski definition) is 1. The van der Waals surface area contributed by atoms with Crippen molar-refractivity contribution in [3.63, 3.8) is 0 Å². The molecule has 1 heterocycles. The zero-order chi connectivity index (χ0) is 12.5. The number of benzene rings is 2. The monoisotopic (exact) mass is 255 g/mol. The van der Waals surface area contributed by atoms with Crippen LogP contribution in [0.1, 0.15) is 15.9 Å². The number of nitrogens with one attached hydrogen (secondary N) is 1. The lowest BCUT2D eigenvalue weighted by atomic mass is 10.0. The van der Waals surface area contributed by atoms with Crippen LogP contribution in [-0.4, -0.2) is 10.8 Å². The molecule has 0 bridgehead atoms. The van der Waals surface area contributed by atoms with Crippen LogP contribution in [0, 0.1) is 0 Å². The van der Waals surface area contributed by atoms with Gasteiger partial charge in [-0.15, -0.1) is 0 Å². The van der Waals surface area contributed by atoms with Gasteiger partial charge < -0.3 is 4.98 Å². The molecule has 3 rings (SSSR count). The fourth-order valence-corrected chi connectivity index (χ4v) is 2.14. The summed E-state index contributed by atoms with van der Waals surface area (Å²) >= 11 is 5.82. The van der Waals surface area contributed by atoms with E-state index in [1.165, 1.54) is 0 Å². The van der Waals surface area contributed by atoms with Crippen molar-refractivity contribution in [3.8, 4) is 0 Å². The minimum Gasteiger partial charge on any atom is -0.360 e. The molecule has 1 N–H and O–H groups in total. The number of hydrogen-bond donors (Lipinski definition) is 1. The number of H-pyrrole nitrogens is 1. The van der Waals surface area contributed by atoms with Gasteiger partial charge in [-0.3, -0.25) is 4.79 Å². The molecule has 0 saturated carbocycles. The van der Waals surface area contributed by atoms with Gasteiger partial charge in [-0.1, -0.05) is 29.8 Å². The number of para-hydroxylation sites is 1. The second kappa shape index (κ2) is 4.31. The van der Waals surface area contributed by atoms with Gasteiger partial charge >= 0.3 is 0 Å². The molecular weight excluding hydrogens is 246 g/mol. The van der Waals surface area contributed by atoms with Gasteiger partial charge in [0.05, 0.1) is 0 Å². The zero-order valence-corrected chi connectivity index (χ0v) is 10.2. The highest BCUT2D eigenvalue weighted by molar-refractivity contribution is 6.30. The van der Waals surface area contributed by atoms with Crippen LogP contribution in [0.25, 0.3) is 10.9 Å². The van der Waals surface area contributed by atoms with Crippen LogP contribution in [0.2, 0.25) is 5.02 Å². The number of carbonyl (C=O) groups excluding carboxylic acids is 1. The van der Waals surface area contributed by atoms with Crippen LogP contribution in [0.15, 0.2) is 54.7 Å². The van der Waals surface area contributed by atoms with E-state index in [9.17, 15) is 4.79 Å². The first-order valence-electron chi connectivity index (χ1n) is 5.62. The number of aromatic nitrogens is 1. The summed E-state index contributed by atoms with van der Waals surface area (Å²) in [5.74, 6) is 0.00381. The maximum absolute atomic E-state index is 12.4. The molecule has 0 unspecified atom stereocenters. The highest BCUT2D eigenvalue weighted by Crippen LogP contribution is 2.21. The van der Waals surface area contributed by atoms with Crippen molar-refractivity contribution in [3.05, 3.63) is 70.9 Å². The maximum atomic E-state index is 12.4. The molecule has 0 aliphatic heterocycles. The standard InChI is InChI=1S/C15H10ClNO/c16-11-7-5-10(6-8-11)15(18)13-9-17-14-4-2-1-3-12(13)14/h1-9,17H. The molecule has 18 heavy (non-hydrogen) atoms. The Bertz CT molecular complexity index is 713. The number of fused-ring (bicyclic) bond motifs is 1. The van der Waals surface area contributed by atoms with E-state index in [-0.39, 0.29) is 5.78 Å². The topological polar surface area (TPSA) is 32.9 Å². The molecule has 3 heteroatoms. The average Bonchev–Trinajstić information content (AvgIpc) is 2.82. The van der Waals surface area contributed by atoms with Gasteiger partial charge in [0, 0.05) is 33.2 Å². The highest BCUT2D eigenvalue weighted by Gasteiger charge is 2.13. The van der Waals surface area contributed by atoms with Crippen LogP contribution in [0.5, 0.6) is 0 Å². The lowest BCUT2D eigenvalue weighted by Gasteiger charge is -1.99. The maximum Gasteiger partial charge on any atom is 0.195 e. The largest absolute Gasteiger partial charge is 0.360 e. The van der Waals surface area contributed by atoms with E-state index >= 15 is 0 Å². The average molecular weight is 256 g/mol. The van der Waals surface area contributed by atoms with Crippen molar-refractivity contribution in [2.75, 3.05) is 0 Å². The Hall–Kier alpha value is -2.06. The quantitative estimate of drug-likeness (QED) is 0.689. The van der Waals surface area contributed by atoms with Crippen molar-refractivity contribution >= 4 is 28.3 Å². The lowest BCUT2D eigenvalue weighted by Crippen LogP contribution is -1.99. The SMILES string of the molecule is O=C(c1ccc(Cl)cc1)c1c[nH]c2ccccc12. The number of ketones is 1. The Balaban J connectivity index is 2.09. The molecule has 0 fully saturated rings. The normalized spacial score (nSPS) is 10.7. The Morgan fingerprint density at radius 1 is 1.00 bits per heavy atom. The molecule has 0 saturated heterocycles. The highest BCUT2D eigenvalue weighted by atomic mass is 35.5. The Labute approximate surface area is 109 Å². The minimum atomic E-state index is 0.00381. The third-order valence-corrected chi connectivity index (χ3v) is 3.19. The van der Waals surface area contributed by atoms with Gasteiger partial charge in [-0.2, -0.15) is 0 Å². The molecule has 0 aliphatic rings. The lowest BCUT2D eigenvalue weighted by molar-refractivity contribution is 0.104. The first kappa shape index (κ1) is 11.1. The Kier molecular flexibility index (Phi) is 2.65. The van der Waals surface area contributed by atoms with Crippen LogP contribution in [-0.2, 0) is 0 Å². The van der Waals surface area contributed by atoms with E-state index in [0.29, 0.717) is 16.1 Å². The summed E-state index contributed by atoms with van der Waals surface area (Å²) in [7, 11) is 0. The summed E-state index contributed by atoms with van der Waals surface area (Å²) in [6.45, 7) is 0. The summed E-state index contributed by atoms with van der Waals surface area (Å²) in [4.78, 5) is 15.5. The molecule has 0 amide bonds. The van der Waals surface area contributed by atoms with Gasteiger partial charge in [0.1, 0.15) is 0 Å². The third-order valence-electron chi connectivity index (χ3n) is 2.94. The fraction of sp³-hybridized carbons (Fsp3) is 0. The second-order valence-corrected chi connectivity index (χ2v) is 4.52. The summed E-state index contributed by atoms with van der Waals surface area (Å²) in [5.41, 5.74) is 2.30. The number of rotatable bonds is 2. The zero-order valence-electron chi connectivity index (χ0n) is 9.48. The van der Waals surface area contributed by atoms with E-state index in [1.807, 2.05) is 24.3 Å². The predicted octanol–water partition coefficient (Wildman–Crippen LogP) is 4.05. The first-order chi connectivity index (χ1) is 8.75. The molecule has 0 aliphatic carbocycles. The van der Waals surface area contributed by atoms with Crippen LogP contribution in [0.3, 0.4) is 0 Å². The molecule has 0 spiro atoms. The molecule has 2 aromatic carbocycles. The van der Waals surface area contributed by atoms with Gasteiger partial charge in [0.15, 0.2) is 5.78 Å². The van der Waals surface area contributed by atoms with Crippen molar-refractivity contribution in [2.45, 2.75) is 0 Å². The molecule has 3 aromatic rings. The van der Waals surface area contributed by atoms with Gasteiger partial charge in [0.25, 0.3) is 0 Å². The van der Waals surface area contributed by atoms with Crippen molar-refractivity contribution < 1.29 is 4.79 Å². The summed E-state index contributed by atoms with van der Waals surface area (Å²) in [6.07, 6.45) is 1.75. The fourth-order valence-electron chi connectivity index (χ4n) is 2.02. The van der Waals surface area contributed by atoms with Crippen molar-refractivity contribution in [1.29, 1.82) is 0 Å². The predicted molar refractivity (Wildman–Crippen MR) is 73.2 cm³/mol. The van der Waals surface area contributed by atoms with E-state index in [4.69, 9.17) is 11.6 Å². The molecule has 0 radical (unpaired) electrons. The van der Waals surface area contributed by atoms with Gasteiger partial charge in [-0.25, -0.2) is 0 Å². The number of aromatic amines is 1. The molecular formula is C15H10ClNO. The Morgan fingerprint density at radius 2 is 1.72 bits per heavy atom. The van der Waals surface area contributed by atoms with E-state index in [1.54, 1.807) is 30.5 Å². The van der Waals surface area contributed by atoms with Crippen molar-refractivity contribution in [1.82, 2.24) is 4.98 Å². The molecule has 88 valence electrons. The molecule has 2 nitrogen and oxygen atoms in total. The summed E-state index contributed by atoms with van der Waals surface area (Å²) in [5, 5.41) is 1.57. The van der Waals surface area contributed by atoms with Crippen LogP contribution in [0.4, 0.5) is 0 Å². The van der Waals surface area contributed by atoms with E-state index < -0.39 is 0 Å². The van der Waals surface area contributed by atoms with Crippen LogP contribution < -0.4 is 0 Å². The summed E-state index contributed by atoms with van der Waals surface area (Å²) < 4.78 is 0. The molecule has 1 aromatic heterocycles. The van der Waals surface area contributed by atoms with Gasteiger partial charge in [0.2, 0.25) is 0 Å². The van der Waals surface area contributed by atoms with E-state index in [2.05, 4.69) is 4.98 Å². The van der Waals surface area contributed by atoms with E-state index in [0.717, 1.165) is 10.9 Å².